The van der Waals surface area contributed by atoms with Crippen molar-refractivity contribution in [3.05, 3.63) is 24.3 Å². The molecule has 0 fully saturated rings. The summed E-state index contributed by atoms with van der Waals surface area (Å²) in [6, 6.07) is 4.97. The van der Waals surface area contributed by atoms with Crippen molar-refractivity contribution in [1.82, 2.24) is 0 Å². The molecule has 1 aromatic carbocycles. The van der Waals surface area contributed by atoms with Gasteiger partial charge in [-0.3, -0.25) is 0 Å². The van der Waals surface area contributed by atoms with E-state index < -0.39 is 59.8 Å². The topological polar surface area (TPSA) is 9.23 Å². The van der Waals surface area contributed by atoms with Gasteiger partial charge in [0, 0.05) is 17.1 Å². The van der Waals surface area contributed by atoms with E-state index in [1.807, 2.05) is 6.92 Å². The van der Waals surface area contributed by atoms with Crippen molar-refractivity contribution in [2.24, 2.45) is 0 Å². The van der Waals surface area contributed by atoms with Crippen LogP contribution in [-0.2, 0) is 0 Å². The maximum absolute atomic E-state index is 14.0. The fraction of sp³-hybridized carbons (Fsp3) is 0.727. The average molecular weight is 656 g/mol. The van der Waals surface area contributed by atoms with Gasteiger partial charge in [0.1, 0.15) is 5.75 Å². The minimum Gasteiger partial charge on any atom is -0.494 e. The summed E-state index contributed by atoms with van der Waals surface area (Å²) < 4.78 is 232. The van der Waals surface area contributed by atoms with Crippen molar-refractivity contribution in [1.29, 1.82) is 0 Å². The molecule has 1 aromatic rings. The predicted octanol–water partition coefficient (Wildman–Crippen LogP) is 10.1. The molecule has 0 N–H and O–H groups in total. The molecular weight excluding hydrogens is 635 g/mol. The van der Waals surface area contributed by atoms with Crippen molar-refractivity contribution in [2.45, 2.75) is 91.6 Å². The molecule has 0 aliphatic carbocycles. The normalized spacial score (nSPS) is 14.9. The molecule has 0 bridgehead atoms. The minimum atomic E-state index is -8.61. The predicted molar refractivity (Wildman–Crippen MR) is 112 cm³/mol. The molecule has 0 aliphatic rings. The van der Waals surface area contributed by atoms with E-state index in [9.17, 15) is 74.6 Å². The van der Waals surface area contributed by atoms with Crippen LogP contribution in [0, 0.1) is 0 Å². The van der Waals surface area contributed by atoms with E-state index >= 15 is 0 Å². The smallest absolute Gasteiger partial charge is 0.460 e. The van der Waals surface area contributed by atoms with Crippen LogP contribution in [0.2, 0.25) is 0 Å². The number of unbranched alkanes of at least 4 members (excludes halogenated alkanes) is 3. The first-order valence-corrected chi connectivity index (χ1v) is 12.3. The Kier molecular flexibility index (Phi) is 11.3. The maximum atomic E-state index is 14.0. The van der Waals surface area contributed by atoms with Crippen LogP contribution in [0.4, 0.5) is 74.6 Å². The molecule has 0 spiro atoms. The lowest BCUT2D eigenvalue weighted by Crippen LogP contribution is -2.74. The fourth-order valence-corrected chi connectivity index (χ4v) is 3.92. The van der Waals surface area contributed by atoms with Gasteiger partial charge in [0.25, 0.3) is 0 Å². The van der Waals surface area contributed by atoms with E-state index in [1.165, 1.54) is 24.3 Å². The summed E-state index contributed by atoms with van der Waals surface area (Å²) in [5.41, 5.74) is 0. The van der Waals surface area contributed by atoms with Gasteiger partial charge in [-0.25, -0.2) is 0 Å². The SMILES string of the molecule is CCCCCCOc1ccc(SCCC(F)(F)C(F)(F)C(F)(F)C(F)(F)C(F)(F)C(F)(F)C(F)(F)C(F)(F)F)cc1. The number of halogens is 17. The van der Waals surface area contributed by atoms with E-state index in [2.05, 4.69) is 0 Å². The Labute approximate surface area is 225 Å². The van der Waals surface area contributed by atoms with E-state index in [4.69, 9.17) is 4.74 Å². The third-order valence-electron chi connectivity index (χ3n) is 5.56. The molecule has 41 heavy (non-hydrogen) atoms. The number of ether oxygens (including phenoxy) is 1. The second-order valence-corrected chi connectivity index (χ2v) is 9.80. The van der Waals surface area contributed by atoms with Gasteiger partial charge >= 0.3 is 47.6 Å². The number of hydrogen-bond donors (Lipinski definition) is 0. The van der Waals surface area contributed by atoms with Crippen LogP contribution in [0.25, 0.3) is 0 Å². The van der Waals surface area contributed by atoms with Gasteiger partial charge in [0.05, 0.1) is 6.61 Å². The highest BCUT2D eigenvalue weighted by Gasteiger charge is 2.95. The van der Waals surface area contributed by atoms with Crippen molar-refractivity contribution >= 4 is 11.8 Å². The standard InChI is InChI=1S/C22H21F17OS/c1-2-3-4-5-11-40-13-6-8-14(9-7-13)41-12-10-15(23,24)16(25,26)17(27,28)18(29,30)19(31,32)20(33,34)21(35,36)22(37,38)39/h6-9H,2-5,10-12H2,1H3. The second-order valence-electron chi connectivity index (χ2n) is 8.63. The molecule has 0 aromatic heterocycles. The van der Waals surface area contributed by atoms with Crippen LogP contribution in [0.5, 0.6) is 5.75 Å². The number of alkyl halides is 17. The van der Waals surface area contributed by atoms with Gasteiger partial charge in [-0.1, -0.05) is 26.2 Å². The van der Waals surface area contributed by atoms with E-state index in [0.29, 0.717) is 18.8 Å². The summed E-state index contributed by atoms with van der Waals surface area (Å²) in [7, 11) is 0. The third-order valence-corrected chi connectivity index (χ3v) is 6.58. The zero-order chi connectivity index (χ0) is 32.3. The minimum absolute atomic E-state index is 0.0140. The molecule has 0 saturated heterocycles. The van der Waals surface area contributed by atoms with Crippen LogP contribution in [0.15, 0.2) is 29.2 Å². The summed E-state index contributed by atoms with van der Waals surface area (Å²) in [5.74, 6) is -57.1. The van der Waals surface area contributed by atoms with Gasteiger partial charge in [0.15, 0.2) is 0 Å². The quantitative estimate of drug-likeness (QED) is 0.0996. The first kappa shape index (κ1) is 37.2. The Morgan fingerprint density at radius 2 is 1.00 bits per heavy atom. The van der Waals surface area contributed by atoms with Crippen LogP contribution in [0.3, 0.4) is 0 Å². The van der Waals surface area contributed by atoms with Crippen LogP contribution >= 0.6 is 11.8 Å². The van der Waals surface area contributed by atoms with Gasteiger partial charge in [-0.15, -0.1) is 11.8 Å². The van der Waals surface area contributed by atoms with Crippen molar-refractivity contribution in [2.75, 3.05) is 12.4 Å². The van der Waals surface area contributed by atoms with Crippen LogP contribution < -0.4 is 4.74 Å². The molecule has 0 heterocycles. The number of thioether (sulfide) groups is 1. The Hall–Kier alpha value is -1.82. The van der Waals surface area contributed by atoms with Gasteiger partial charge in [0.2, 0.25) is 0 Å². The van der Waals surface area contributed by atoms with Crippen molar-refractivity contribution in [3.8, 4) is 5.75 Å². The Balaban J connectivity index is 3.07. The zero-order valence-electron chi connectivity index (χ0n) is 20.5. The summed E-state index contributed by atoms with van der Waals surface area (Å²) >= 11 is 0.247. The maximum Gasteiger partial charge on any atom is 0.460 e. The van der Waals surface area contributed by atoms with Gasteiger partial charge < -0.3 is 4.74 Å². The zero-order valence-corrected chi connectivity index (χ0v) is 21.3. The number of benzene rings is 1. The lowest BCUT2D eigenvalue weighted by Gasteiger charge is -2.42. The molecule has 0 amide bonds. The molecule has 0 atom stereocenters. The van der Waals surface area contributed by atoms with Crippen molar-refractivity contribution in [3.63, 3.8) is 0 Å². The summed E-state index contributed by atoms with van der Waals surface area (Å²) in [5, 5.41) is 0. The molecule has 0 unspecified atom stereocenters. The van der Waals surface area contributed by atoms with Crippen LogP contribution in [-0.4, -0.2) is 60.0 Å². The molecular formula is C22H21F17OS. The number of rotatable bonds is 16. The number of hydrogen-bond acceptors (Lipinski definition) is 2. The molecule has 1 nitrogen and oxygen atoms in total. The lowest BCUT2D eigenvalue weighted by molar-refractivity contribution is -0.461. The Morgan fingerprint density at radius 1 is 0.561 bits per heavy atom. The lowest BCUT2D eigenvalue weighted by atomic mass is 9.88. The molecule has 0 radical (unpaired) electrons. The summed E-state index contributed by atoms with van der Waals surface area (Å²) in [4.78, 5) is 0.0140. The summed E-state index contributed by atoms with van der Waals surface area (Å²) in [6.07, 6.45) is -6.77. The highest BCUT2D eigenvalue weighted by atomic mass is 32.2. The van der Waals surface area contributed by atoms with E-state index in [1.54, 1.807) is 0 Å². The Bertz CT molecular complexity index is 973. The first-order chi connectivity index (χ1) is 18.3. The second kappa shape index (κ2) is 12.4. The van der Waals surface area contributed by atoms with Gasteiger partial charge in [-0.2, -0.15) is 74.6 Å². The van der Waals surface area contributed by atoms with Gasteiger partial charge in [-0.05, 0) is 30.7 Å². The first-order valence-electron chi connectivity index (χ1n) is 11.3. The monoisotopic (exact) mass is 656 g/mol. The third kappa shape index (κ3) is 6.89. The van der Waals surface area contributed by atoms with Crippen molar-refractivity contribution < 1.29 is 79.4 Å². The molecule has 0 aliphatic heterocycles. The molecule has 0 saturated carbocycles. The van der Waals surface area contributed by atoms with E-state index in [-0.39, 0.29) is 16.7 Å². The molecule has 240 valence electrons. The van der Waals surface area contributed by atoms with Crippen LogP contribution in [0.1, 0.15) is 39.0 Å². The fourth-order valence-electron chi connectivity index (χ4n) is 3.00. The average Bonchev–Trinajstić information content (AvgIpc) is 2.83. The highest BCUT2D eigenvalue weighted by Crippen LogP contribution is 2.64. The molecule has 1 rings (SSSR count). The van der Waals surface area contributed by atoms with E-state index in [0.717, 1.165) is 19.3 Å². The largest absolute Gasteiger partial charge is 0.494 e. The molecule has 19 heteroatoms. The Morgan fingerprint density at radius 3 is 1.44 bits per heavy atom. The highest BCUT2D eigenvalue weighted by molar-refractivity contribution is 7.99. The summed E-state index contributed by atoms with van der Waals surface area (Å²) in [6.45, 7) is 2.28.